The zero-order chi connectivity index (χ0) is 7.33. The van der Waals surface area contributed by atoms with Crippen LogP contribution in [-0.2, 0) is 0 Å². The highest BCUT2D eigenvalue weighted by molar-refractivity contribution is 5.85. The van der Waals surface area contributed by atoms with Gasteiger partial charge >= 0.3 is 0 Å². The van der Waals surface area contributed by atoms with E-state index in [1.165, 1.54) is 0 Å². The molecule has 0 saturated carbocycles. The van der Waals surface area contributed by atoms with Crippen LogP contribution in [0.25, 0.3) is 10.4 Å². The van der Waals surface area contributed by atoms with E-state index in [2.05, 4.69) is 10.0 Å². The van der Waals surface area contributed by atoms with Gasteiger partial charge in [-0.05, 0) is 17.5 Å². The van der Waals surface area contributed by atoms with E-state index >= 15 is 0 Å². The average Bonchev–Trinajstić information content (AvgIpc) is 1.84. The lowest BCUT2D eigenvalue weighted by Gasteiger charge is -2.18. The van der Waals surface area contributed by atoms with Gasteiger partial charge < -0.3 is 5.73 Å². The predicted molar refractivity (Wildman–Crippen MR) is 44.1 cm³/mol. The molecule has 0 unspecified atom stereocenters. The van der Waals surface area contributed by atoms with Crippen LogP contribution in [0.15, 0.2) is 5.11 Å². The van der Waals surface area contributed by atoms with Gasteiger partial charge in [0, 0.05) is 11.5 Å². The molecule has 0 aliphatic rings. The zero-order valence-corrected chi connectivity index (χ0v) is 7.06. The monoisotopic (exact) mass is 164 g/mol. The highest BCUT2D eigenvalue weighted by Crippen LogP contribution is 2.11. The normalized spacial score (nSPS) is 9.50. The fourth-order valence-corrected chi connectivity index (χ4v) is 0.288. The molecular formula is C5H13ClN4. The molecule has 0 aliphatic carbocycles. The third kappa shape index (κ3) is 5.69. The summed E-state index contributed by atoms with van der Waals surface area (Å²) in [7, 11) is 0. The molecule has 0 heterocycles. The SMILES string of the molecule is CC(C)(CN)CN=[N+]=[N-].Cl. The van der Waals surface area contributed by atoms with Crippen molar-refractivity contribution < 1.29 is 0 Å². The highest BCUT2D eigenvalue weighted by Gasteiger charge is 2.12. The number of hydrogen-bond donors (Lipinski definition) is 1. The molecular weight excluding hydrogens is 152 g/mol. The Morgan fingerprint density at radius 1 is 1.60 bits per heavy atom. The molecule has 0 saturated heterocycles. The van der Waals surface area contributed by atoms with Crippen LogP contribution in [0.1, 0.15) is 13.8 Å². The number of rotatable bonds is 3. The second-order valence-corrected chi connectivity index (χ2v) is 2.76. The van der Waals surface area contributed by atoms with E-state index in [-0.39, 0.29) is 17.8 Å². The number of nitrogens with two attached hydrogens (primary N) is 1. The van der Waals surface area contributed by atoms with Crippen molar-refractivity contribution in [2.24, 2.45) is 16.3 Å². The van der Waals surface area contributed by atoms with Gasteiger partial charge in [0.2, 0.25) is 0 Å². The Hall–Kier alpha value is -0.440. The quantitative estimate of drug-likeness (QED) is 0.385. The van der Waals surface area contributed by atoms with Crippen molar-refractivity contribution in [3.8, 4) is 0 Å². The van der Waals surface area contributed by atoms with E-state index < -0.39 is 0 Å². The minimum Gasteiger partial charge on any atom is -0.330 e. The van der Waals surface area contributed by atoms with Crippen LogP contribution in [-0.4, -0.2) is 13.1 Å². The van der Waals surface area contributed by atoms with Gasteiger partial charge in [-0.2, -0.15) is 0 Å². The molecule has 0 fully saturated rings. The Morgan fingerprint density at radius 2 is 2.10 bits per heavy atom. The molecule has 0 amide bonds. The van der Waals surface area contributed by atoms with Crippen LogP contribution in [0, 0.1) is 5.41 Å². The van der Waals surface area contributed by atoms with Crippen molar-refractivity contribution in [3.63, 3.8) is 0 Å². The maximum Gasteiger partial charge on any atom is 0.0321 e. The molecule has 0 rings (SSSR count). The van der Waals surface area contributed by atoms with Crippen molar-refractivity contribution in [3.05, 3.63) is 10.4 Å². The lowest BCUT2D eigenvalue weighted by molar-refractivity contribution is 0.392. The topological polar surface area (TPSA) is 74.8 Å². The standard InChI is InChI=1S/C5H12N4.ClH/c1-5(2,3-6)4-8-9-7;/h3-4,6H2,1-2H3;1H. The third-order valence-electron chi connectivity index (χ3n) is 1.11. The summed E-state index contributed by atoms with van der Waals surface area (Å²) in [6, 6.07) is 0. The molecule has 0 aromatic rings. The summed E-state index contributed by atoms with van der Waals surface area (Å²) in [4.78, 5) is 2.64. The summed E-state index contributed by atoms with van der Waals surface area (Å²) in [5.74, 6) is 0. The summed E-state index contributed by atoms with van der Waals surface area (Å²) >= 11 is 0. The van der Waals surface area contributed by atoms with Gasteiger partial charge in [0.15, 0.2) is 0 Å². The zero-order valence-electron chi connectivity index (χ0n) is 6.24. The number of hydrogen-bond acceptors (Lipinski definition) is 2. The van der Waals surface area contributed by atoms with E-state index in [9.17, 15) is 0 Å². The van der Waals surface area contributed by atoms with Crippen molar-refractivity contribution in [2.75, 3.05) is 13.1 Å². The molecule has 0 radical (unpaired) electrons. The fraction of sp³-hybridized carbons (Fsp3) is 1.00. The smallest absolute Gasteiger partial charge is 0.0321 e. The van der Waals surface area contributed by atoms with E-state index in [4.69, 9.17) is 11.3 Å². The van der Waals surface area contributed by atoms with Crippen molar-refractivity contribution in [1.29, 1.82) is 0 Å². The molecule has 5 heteroatoms. The van der Waals surface area contributed by atoms with Crippen LogP contribution in [0.3, 0.4) is 0 Å². The molecule has 0 aliphatic heterocycles. The largest absolute Gasteiger partial charge is 0.330 e. The van der Waals surface area contributed by atoms with Gasteiger partial charge in [-0.3, -0.25) is 0 Å². The maximum absolute atomic E-state index is 7.94. The van der Waals surface area contributed by atoms with Gasteiger partial charge in [0.05, 0.1) is 0 Å². The number of halogens is 1. The van der Waals surface area contributed by atoms with E-state index in [1.54, 1.807) is 0 Å². The van der Waals surface area contributed by atoms with Crippen molar-refractivity contribution >= 4 is 12.4 Å². The Balaban J connectivity index is 0. The first-order valence-electron chi connectivity index (χ1n) is 2.83. The first kappa shape index (κ1) is 12.3. The van der Waals surface area contributed by atoms with Gasteiger partial charge in [-0.25, -0.2) is 0 Å². The van der Waals surface area contributed by atoms with Crippen LogP contribution >= 0.6 is 12.4 Å². The van der Waals surface area contributed by atoms with Crippen LogP contribution < -0.4 is 5.73 Å². The van der Waals surface area contributed by atoms with Gasteiger partial charge in [0.25, 0.3) is 0 Å². The summed E-state index contributed by atoms with van der Waals surface area (Å²) in [6.07, 6.45) is 0. The Labute approximate surface area is 66.8 Å². The second-order valence-electron chi connectivity index (χ2n) is 2.76. The van der Waals surface area contributed by atoms with Crippen LogP contribution in [0.5, 0.6) is 0 Å². The van der Waals surface area contributed by atoms with E-state index in [0.717, 1.165) is 0 Å². The first-order chi connectivity index (χ1) is 4.12. The Bertz CT molecular complexity index is 128. The highest BCUT2D eigenvalue weighted by atomic mass is 35.5. The molecule has 4 nitrogen and oxygen atoms in total. The van der Waals surface area contributed by atoms with Gasteiger partial charge in [0.1, 0.15) is 0 Å². The Morgan fingerprint density at radius 3 is 2.40 bits per heavy atom. The second kappa shape index (κ2) is 5.35. The molecule has 0 aromatic heterocycles. The fourth-order valence-electron chi connectivity index (χ4n) is 0.288. The molecule has 2 N–H and O–H groups in total. The lowest BCUT2D eigenvalue weighted by Crippen LogP contribution is -2.26. The minimum absolute atomic E-state index is 0. The van der Waals surface area contributed by atoms with Crippen LogP contribution in [0.4, 0.5) is 0 Å². The minimum atomic E-state index is -0.0494. The van der Waals surface area contributed by atoms with Crippen LogP contribution in [0.2, 0.25) is 0 Å². The van der Waals surface area contributed by atoms with Crippen molar-refractivity contribution in [1.82, 2.24) is 0 Å². The third-order valence-corrected chi connectivity index (χ3v) is 1.11. The summed E-state index contributed by atoms with van der Waals surface area (Å²) < 4.78 is 0. The molecule has 10 heavy (non-hydrogen) atoms. The summed E-state index contributed by atoms with van der Waals surface area (Å²) in [6.45, 7) is 4.94. The van der Waals surface area contributed by atoms with Gasteiger partial charge in [-0.15, -0.1) is 12.4 Å². The first-order valence-corrected chi connectivity index (χ1v) is 2.83. The van der Waals surface area contributed by atoms with E-state index in [0.29, 0.717) is 13.1 Å². The van der Waals surface area contributed by atoms with Crippen molar-refractivity contribution in [2.45, 2.75) is 13.8 Å². The molecule has 0 atom stereocenters. The predicted octanol–water partition coefficient (Wildman–Crippen LogP) is 1.70. The number of azide groups is 1. The molecule has 0 bridgehead atoms. The van der Waals surface area contributed by atoms with E-state index in [1.807, 2.05) is 13.8 Å². The molecule has 0 aromatic carbocycles. The summed E-state index contributed by atoms with van der Waals surface area (Å²) in [5.41, 5.74) is 13.3. The average molecular weight is 165 g/mol. The summed E-state index contributed by atoms with van der Waals surface area (Å²) in [5, 5.41) is 3.41. The Kier molecular flexibility index (Phi) is 6.56. The molecule has 60 valence electrons. The van der Waals surface area contributed by atoms with Gasteiger partial charge in [-0.1, -0.05) is 19.0 Å². The molecule has 0 spiro atoms. The number of nitrogens with zero attached hydrogens (tertiary/aromatic N) is 3. The maximum atomic E-state index is 7.94. The lowest BCUT2D eigenvalue weighted by atomic mass is 9.94.